The molecule has 1 fully saturated rings. The smallest absolute Gasteiger partial charge is 0.253 e. The largest absolute Gasteiger partial charge is 0.508 e. The number of sulfonamides is 1. The Morgan fingerprint density at radius 2 is 2.05 bits per heavy atom. The molecule has 0 aromatic heterocycles. The minimum Gasteiger partial charge on any atom is -0.508 e. The van der Waals surface area contributed by atoms with Gasteiger partial charge in [0.1, 0.15) is 5.75 Å². The molecule has 1 heterocycles. The number of piperidine rings is 1. The summed E-state index contributed by atoms with van der Waals surface area (Å²) in [6.07, 6.45) is 1.20. The molecule has 1 saturated heterocycles. The molecule has 1 aliphatic heterocycles. The van der Waals surface area contributed by atoms with Gasteiger partial charge >= 0.3 is 0 Å². The van der Waals surface area contributed by atoms with E-state index >= 15 is 0 Å². The second-order valence-corrected chi connectivity index (χ2v) is 7.18. The molecule has 0 atom stereocenters. The Morgan fingerprint density at radius 3 is 2.62 bits per heavy atom. The predicted molar refractivity (Wildman–Crippen MR) is 79.6 cm³/mol. The van der Waals surface area contributed by atoms with Crippen LogP contribution in [0.2, 0.25) is 0 Å². The first kappa shape index (κ1) is 15.8. The lowest BCUT2D eigenvalue weighted by Gasteiger charge is -2.32. The lowest BCUT2D eigenvalue weighted by Crippen LogP contribution is -2.46. The van der Waals surface area contributed by atoms with Crippen LogP contribution >= 0.6 is 0 Å². The molecule has 2 N–H and O–H groups in total. The van der Waals surface area contributed by atoms with Crippen molar-refractivity contribution in [2.24, 2.45) is 0 Å². The number of benzene rings is 1. The van der Waals surface area contributed by atoms with Gasteiger partial charge in [-0.1, -0.05) is 6.07 Å². The maximum absolute atomic E-state index is 12.3. The van der Waals surface area contributed by atoms with Gasteiger partial charge in [0.2, 0.25) is 10.0 Å². The number of nitrogens with one attached hydrogen (secondary N) is 1. The van der Waals surface area contributed by atoms with Crippen molar-refractivity contribution in [2.75, 3.05) is 18.8 Å². The van der Waals surface area contributed by atoms with Gasteiger partial charge in [-0.05, 0) is 38.0 Å². The van der Waals surface area contributed by atoms with Crippen LogP contribution in [-0.4, -0.2) is 49.2 Å². The number of aromatic hydroxyl groups is 1. The van der Waals surface area contributed by atoms with E-state index in [9.17, 15) is 18.3 Å². The highest BCUT2D eigenvalue weighted by Crippen LogP contribution is 2.17. The number of likely N-dealkylation sites (tertiary alicyclic amines) is 1. The van der Waals surface area contributed by atoms with Gasteiger partial charge in [-0.3, -0.25) is 4.79 Å². The number of hydrogen-bond donors (Lipinski definition) is 2. The molecule has 116 valence electrons. The Hall–Kier alpha value is -1.60. The third-order valence-corrected chi connectivity index (χ3v) is 5.05. The fourth-order valence-corrected chi connectivity index (χ4v) is 3.27. The molecule has 1 aromatic carbocycles. The van der Waals surface area contributed by atoms with E-state index < -0.39 is 10.0 Å². The summed E-state index contributed by atoms with van der Waals surface area (Å²) in [5, 5.41) is 9.41. The monoisotopic (exact) mass is 312 g/mol. The lowest BCUT2D eigenvalue weighted by molar-refractivity contribution is 0.0711. The summed E-state index contributed by atoms with van der Waals surface area (Å²) in [6, 6.07) is 6.14. The second kappa shape index (κ2) is 6.44. The molecule has 0 aliphatic carbocycles. The van der Waals surface area contributed by atoms with Gasteiger partial charge in [0.15, 0.2) is 0 Å². The number of carbonyl (C=O) groups excluding carboxylic acids is 1. The number of amides is 1. The molecule has 0 saturated carbocycles. The molecule has 21 heavy (non-hydrogen) atoms. The molecule has 0 unspecified atom stereocenters. The van der Waals surface area contributed by atoms with Crippen LogP contribution in [0.25, 0.3) is 0 Å². The molecule has 0 spiro atoms. The van der Waals surface area contributed by atoms with Crippen molar-refractivity contribution in [1.82, 2.24) is 9.62 Å². The zero-order valence-electron chi connectivity index (χ0n) is 11.9. The molecule has 7 heteroatoms. The molecule has 1 aliphatic rings. The average molecular weight is 312 g/mol. The Labute approximate surface area is 124 Å². The minimum absolute atomic E-state index is 0.0615. The van der Waals surface area contributed by atoms with Gasteiger partial charge in [0, 0.05) is 24.7 Å². The summed E-state index contributed by atoms with van der Waals surface area (Å²) >= 11 is 0. The average Bonchev–Trinajstić information content (AvgIpc) is 2.47. The van der Waals surface area contributed by atoms with Crippen LogP contribution < -0.4 is 4.72 Å². The highest BCUT2D eigenvalue weighted by molar-refractivity contribution is 7.89. The molecule has 0 bridgehead atoms. The van der Waals surface area contributed by atoms with Crippen molar-refractivity contribution in [1.29, 1.82) is 0 Å². The van der Waals surface area contributed by atoms with Crippen LogP contribution in [-0.2, 0) is 10.0 Å². The van der Waals surface area contributed by atoms with Gasteiger partial charge in [0.05, 0.1) is 5.75 Å². The SMILES string of the molecule is CCS(=O)(=O)NC1CCN(C(=O)c2cccc(O)c2)CC1. The Bertz CT molecular complexity index is 607. The molecule has 6 nitrogen and oxygen atoms in total. The summed E-state index contributed by atoms with van der Waals surface area (Å²) in [5.41, 5.74) is 0.447. The summed E-state index contributed by atoms with van der Waals surface area (Å²) in [5.74, 6) is -0.00995. The van der Waals surface area contributed by atoms with Crippen LogP contribution in [0.5, 0.6) is 5.75 Å². The second-order valence-electron chi connectivity index (χ2n) is 5.14. The van der Waals surface area contributed by atoms with Crippen LogP contribution in [0.15, 0.2) is 24.3 Å². The Balaban J connectivity index is 1.93. The third-order valence-electron chi connectivity index (χ3n) is 3.60. The van der Waals surface area contributed by atoms with Crippen molar-refractivity contribution in [3.8, 4) is 5.75 Å². The number of phenolic OH excluding ortho intramolecular Hbond substituents is 1. The van der Waals surface area contributed by atoms with Crippen molar-refractivity contribution in [3.63, 3.8) is 0 Å². The van der Waals surface area contributed by atoms with E-state index in [1.807, 2.05) is 0 Å². The number of rotatable bonds is 4. The molecule has 2 rings (SSSR count). The number of nitrogens with zero attached hydrogens (tertiary/aromatic N) is 1. The van der Waals surface area contributed by atoms with E-state index in [1.54, 1.807) is 24.0 Å². The highest BCUT2D eigenvalue weighted by Gasteiger charge is 2.25. The summed E-state index contributed by atoms with van der Waals surface area (Å²) in [6.45, 7) is 2.61. The Morgan fingerprint density at radius 1 is 1.38 bits per heavy atom. The van der Waals surface area contributed by atoms with E-state index in [4.69, 9.17) is 0 Å². The van der Waals surface area contributed by atoms with Crippen LogP contribution in [0.3, 0.4) is 0 Å². The van der Waals surface area contributed by atoms with Crippen LogP contribution in [0, 0.1) is 0 Å². The molecule has 1 amide bonds. The Kier molecular flexibility index (Phi) is 4.84. The zero-order valence-corrected chi connectivity index (χ0v) is 12.8. The standard InChI is InChI=1S/C14H20N2O4S/c1-2-21(19,20)15-12-6-8-16(9-7-12)14(18)11-4-3-5-13(17)10-11/h3-5,10,12,15,17H,2,6-9H2,1H3. The van der Waals surface area contributed by atoms with Gasteiger partial charge < -0.3 is 10.0 Å². The lowest BCUT2D eigenvalue weighted by atomic mass is 10.0. The summed E-state index contributed by atoms with van der Waals surface area (Å²) in [4.78, 5) is 14.0. The normalized spacial score (nSPS) is 16.9. The first-order valence-corrected chi connectivity index (χ1v) is 8.65. The minimum atomic E-state index is -3.20. The maximum Gasteiger partial charge on any atom is 0.253 e. The van der Waals surface area contributed by atoms with Crippen molar-refractivity contribution in [3.05, 3.63) is 29.8 Å². The topological polar surface area (TPSA) is 86.7 Å². The van der Waals surface area contributed by atoms with E-state index in [0.717, 1.165) is 0 Å². The predicted octanol–water partition coefficient (Wildman–Crippen LogP) is 0.936. The van der Waals surface area contributed by atoms with E-state index in [2.05, 4.69) is 4.72 Å². The molecular weight excluding hydrogens is 292 g/mol. The molecule has 1 aromatic rings. The number of carbonyl (C=O) groups is 1. The highest BCUT2D eigenvalue weighted by atomic mass is 32.2. The van der Waals surface area contributed by atoms with E-state index in [-0.39, 0.29) is 23.5 Å². The zero-order chi connectivity index (χ0) is 15.5. The fourth-order valence-electron chi connectivity index (χ4n) is 2.36. The van der Waals surface area contributed by atoms with E-state index in [1.165, 1.54) is 12.1 Å². The summed E-state index contributed by atoms with van der Waals surface area (Å²) < 4.78 is 25.7. The van der Waals surface area contributed by atoms with Crippen molar-refractivity contribution in [2.45, 2.75) is 25.8 Å². The van der Waals surface area contributed by atoms with Crippen molar-refractivity contribution < 1.29 is 18.3 Å². The summed E-state index contributed by atoms with van der Waals surface area (Å²) in [7, 11) is -3.20. The van der Waals surface area contributed by atoms with Crippen molar-refractivity contribution >= 4 is 15.9 Å². The van der Waals surface area contributed by atoms with Crippen LogP contribution in [0.1, 0.15) is 30.1 Å². The number of phenols is 1. The van der Waals surface area contributed by atoms with Crippen LogP contribution in [0.4, 0.5) is 0 Å². The number of hydrogen-bond acceptors (Lipinski definition) is 4. The quantitative estimate of drug-likeness (QED) is 0.866. The maximum atomic E-state index is 12.3. The van der Waals surface area contributed by atoms with Gasteiger partial charge in [-0.2, -0.15) is 0 Å². The van der Waals surface area contributed by atoms with Gasteiger partial charge in [-0.15, -0.1) is 0 Å². The fraction of sp³-hybridized carbons (Fsp3) is 0.500. The van der Waals surface area contributed by atoms with Gasteiger partial charge in [-0.25, -0.2) is 13.1 Å². The molecule has 0 radical (unpaired) electrons. The first-order chi connectivity index (χ1) is 9.91. The third kappa shape index (κ3) is 4.18. The first-order valence-electron chi connectivity index (χ1n) is 6.99. The van der Waals surface area contributed by atoms with Gasteiger partial charge in [0.25, 0.3) is 5.91 Å². The molecular formula is C14H20N2O4S. The van der Waals surface area contributed by atoms with E-state index in [0.29, 0.717) is 31.5 Å².